The first kappa shape index (κ1) is 17.3. The van der Waals surface area contributed by atoms with E-state index in [0.717, 1.165) is 21.3 Å². The van der Waals surface area contributed by atoms with E-state index < -0.39 is 10.8 Å². The molecule has 8 heteroatoms. The molecule has 0 aliphatic heterocycles. The fourth-order valence-corrected chi connectivity index (χ4v) is 3.74. The highest BCUT2D eigenvalue weighted by Gasteiger charge is 2.20. The molecular weight excluding hydrogens is 362 g/mol. The van der Waals surface area contributed by atoms with Crippen molar-refractivity contribution in [3.05, 3.63) is 67.0 Å². The average molecular weight is 376 g/mol. The van der Waals surface area contributed by atoms with Gasteiger partial charge in [-0.1, -0.05) is 22.9 Å². The zero-order valence-electron chi connectivity index (χ0n) is 13.7. The minimum absolute atomic E-state index is 0.123. The molecule has 25 heavy (non-hydrogen) atoms. The molecule has 0 N–H and O–H groups in total. The van der Waals surface area contributed by atoms with E-state index >= 15 is 0 Å². The van der Waals surface area contributed by atoms with Gasteiger partial charge in [-0.25, -0.2) is 0 Å². The van der Waals surface area contributed by atoms with Crippen molar-refractivity contribution in [2.24, 2.45) is 12.0 Å². The molecule has 1 aromatic heterocycles. The van der Waals surface area contributed by atoms with Crippen LogP contribution in [0.2, 0.25) is 5.02 Å². The third kappa shape index (κ3) is 3.20. The van der Waals surface area contributed by atoms with Crippen LogP contribution in [0, 0.1) is 24.0 Å². The Labute approximate surface area is 152 Å². The maximum atomic E-state index is 12.5. The first-order valence-electron chi connectivity index (χ1n) is 7.37. The number of hydrogen-bond donors (Lipinski definition) is 0. The van der Waals surface area contributed by atoms with Gasteiger partial charge in [-0.05, 0) is 49.2 Å². The number of nitro benzene ring substituents is 1. The number of aryl methyl sites for hydroxylation is 3. The van der Waals surface area contributed by atoms with Crippen LogP contribution in [0.5, 0.6) is 0 Å². The fourth-order valence-electron chi connectivity index (χ4n) is 2.47. The van der Waals surface area contributed by atoms with E-state index in [1.165, 1.54) is 29.5 Å². The minimum atomic E-state index is -0.690. The van der Waals surface area contributed by atoms with E-state index in [-0.39, 0.29) is 16.3 Å². The number of nitrogens with zero attached hydrogens (tertiary/aromatic N) is 3. The molecule has 0 atom stereocenters. The Morgan fingerprint density at radius 1 is 1.24 bits per heavy atom. The van der Waals surface area contributed by atoms with Gasteiger partial charge < -0.3 is 4.57 Å². The quantitative estimate of drug-likeness (QED) is 0.498. The van der Waals surface area contributed by atoms with Crippen LogP contribution in [0.25, 0.3) is 10.2 Å². The summed E-state index contributed by atoms with van der Waals surface area (Å²) >= 11 is 7.24. The number of hydrogen-bond acceptors (Lipinski definition) is 4. The Morgan fingerprint density at radius 2 is 1.92 bits per heavy atom. The van der Waals surface area contributed by atoms with Gasteiger partial charge in [0.1, 0.15) is 5.56 Å². The molecule has 1 amide bonds. The lowest BCUT2D eigenvalue weighted by atomic mass is 10.1. The highest BCUT2D eigenvalue weighted by Crippen LogP contribution is 2.24. The first-order valence-corrected chi connectivity index (χ1v) is 8.57. The van der Waals surface area contributed by atoms with Crippen LogP contribution in [-0.2, 0) is 7.05 Å². The highest BCUT2D eigenvalue weighted by atomic mass is 35.5. The SMILES string of the molecule is Cc1cc2sc(=NC(=O)c3cc(Cl)ccc3[N+](=O)[O-])n(C)c2cc1C. The fraction of sp³-hybridized carbons (Fsp3) is 0.176. The molecule has 3 aromatic rings. The Balaban J connectivity index is 2.17. The van der Waals surface area contributed by atoms with Crippen LogP contribution < -0.4 is 4.80 Å². The number of amides is 1. The van der Waals surface area contributed by atoms with Crippen molar-refractivity contribution in [1.82, 2.24) is 4.57 Å². The zero-order valence-corrected chi connectivity index (χ0v) is 15.3. The standard InChI is InChI=1S/C17H14ClN3O3S/c1-9-6-14-15(7-10(9)2)25-17(20(14)3)19-16(22)12-8-11(18)4-5-13(12)21(23)24/h4-8H,1-3H3. The van der Waals surface area contributed by atoms with Crippen LogP contribution in [0.4, 0.5) is 5.69 Å². The van der Waals surface area contributed by atoms with Gasteiger partial charge in [-0.3, -0.25) is 14.9 Å². The van der Waals surface area contributed by atoms with E-state index in [1.807, 2.05) is 33.0 Å². The number of benzene rings is 2. The van der Waals surface area contributed by atoms with Crippen LogP contribution in [0.3, 0.4) is 0 Å². The second-order valence-electron chi connectivity index (χ2n) is 5.68. The van der Waals surface area contributed by atoms with E-state index in [2.05, 4.69) is 4.99 Å². The summed E-state index contributed by atoms with van der Waals surface area (Å²) in [5.74, 6) is -0.690. The predicted octanol–water partition coefficient (Wildman–Crippen LogP) is 4.16. The van der Waals surface area contributed by atoms with Crippen molar-refractivity contribution >= 4 is 44.7 Å². The lowest BCUT2D eigenvalue weighted by Crippen LogP contribution is -2.14. The summed E-state index contributed by atoms with van der Waals surface area (Å²) in [4.78, 5) is 27.6. The lowest BCUT2D eigenvalue weighted by Gasteiger charge is -2.01. The summed E-state index contributed by atoms with van der Waals surface area (Å²) in [6, 6.07) is 7.94. The Hall–Kier alpha value is -2.51. The van der Waals surface area contributed by atoms with Gasteiger partial charge in [0.2, 0.25) is 0 Å². The van der Waals surface area contributed by atoms with Crippen LogP contribution in [0.1, 0.15) is 21.5 Å². The van der Waals surface area contributed by atoms with Crippen molar-refractivity contribution in [2.45, 2.75) is 13.8 Å². The normalized spacial score (nSPS) is 11.9. The summed E-state index contributed by atoms with van der Waals surface area (Å²) in [6.45, 7) is 4.04. The number of nitro groups is 1. The van der Waals surface area contributed by atoms with Crippen molar-refractivity contribution in [3.63, 3.8) is 0 Å². The number of thiazole rings is 1. The highest BCUT2D eigenvalue weighted by molar-refractivity contribution is 7.16. The number of halogens is 1. The summed E-state index contributed by atoms with van der Waals surface area (Å²) in [5, 5.41) is 11.4. The predicted molar refractivity (Wildman–Crippen MR) is 98.3 cm³/mol. The number of aromatic nitrogens is 1. The van der Waals surface area contributed by atoms with Crippen LogP contribution >= 0.6 is 22.9 Å². The molecule has 0 radical (unpaired) electrons. The lowest BCUT2D eigenvalue weighted by molar-refractivity contribution is -0.385. The summed E-state index contributed by atoms with van der Waals surface area (Å²) in [6.07, 6.45) is 0. The van der Waals surface area contributed by atoms with Crippen molar-refractivity contribution < 1.29 is 9.72 Å². The van der Waals surface area contributed by atoms with Gasteiger partial charge in [-0.15, -0.1) is 0 Å². The second-order valence-corrected chi connectivity index (χ2v) is 7.13. The zero-order chi connectivity index (χ0) is 18.3. The molecule has 0 unspecified atom stereocenters. The molecule has 0 fully saturated rings. The molecule has 6 nitrogen and oxygen atoms in total. The summed E-state index contributed by atoms with van der Waals surface area (Å²) < 4.78 is 2.80. The Morgan fingerprint density at radius 3 is 2.60 bits per heavy atom. The summed E-state index contributed by atoms with van der Waals surface area (Å²) in [5.41, 5.74) is 2.82. The van der Waals surface area contributed by atoms with Crippen molar-refractivity contribution in [3.8, 4) is 0 Å². The van der Waals surface area contributed by atoms with Crippen LogP contribution in [-0.4, -0.2) is 15.4 Å². The molecule has 1 heterocycles. The monoisotopic (exact) mass is 375 g/mol. The number of carbonyl (C=O) groups is 1. The molecule has 0 saturated heterocycles. The van der Waals surface area contributed by atoms with Gasteiger partial charge in [0.15, 0.2) is 4.80 Å². The van der Waals surface area contributed by atoms with Gasteiger partial charge in [0, 0.05) is 18.1 Å². The molecule has 128 valence electrons. The molecule has 0 bridgehead atoms. The van der Waals surface area contributed by atoms with Crippen molar-refractivity contribution in [1.29, 1.82) is 0 Å². The molecule has 0 saturated carbocycles. The first-order chi connectivity index (χ1) is 11.8. The maximum Gasteiger partial charge on any atom is 0.286 e. The topological polar surface area (TPSA) is 77.5 Å². The minimum Gasteiger partial charge on any atom is -0.319 e. The summed E-state index contributed by atoms with van der Waals surface area (Å²) in [7, 11) is 1.81. The Kier molecular flexibility index (Phi) is 4.45. The number of carbonyl (C=O) groups excluding carboxylic acids is 1. The molecule has 0 spiro atoms. The van der Waals surface area contributed by atoms with E-state index in [1.54, 1.807) is 4.57 Å². The molecular formula is C17H14ClN3O3S. The molecule has 2 aromatic carbocycles. The van der Waals surface area contributed by atoms with Gasteiger partial charge in [0.05, 0.1) is 15.1 Å². The van der Waals surface area contributed by atoms with Gasteiger partial charge >= 0.3 is 0 Å². The van der Waals surface area contributed by atoms with E-state index in [0.29, 0.717) is 4.80 Å². The third-order valence-electron chi connectivity index (χ3n) is 4.01. The largest absolute Gasteiger partial charge is 0.319 e. The molecule has 3 rings (SSSR count). The van der Waals surface area contributed by atoms with Crippen molar-refractivity contribution in [2.75, 3.05) is 0 Å². The van der Waals surface area contributed by atoms with Gasteiger partial charge in [-0.2, -0.15) is 4.99 Å². The third-order valence-corrected chi connectivity index (χ3v) is 5.34. The number of fused-ring (bicyclic) bond motifs is 1. The Bertz CT molecular complexity index is 1100. The number of rotatable bonds is 2. The van der Waals surface area contributed by atoms with E-state index in [9.17, 15) is 14.9 Å². The van der Waals surface area contributed by atoms with Gasteiger partial charge in [0.25, 0.3) is 11.6 Å². The smallest absolute Gasteiger partial charge is 0.286 e. The molecule has 0 aliphatic carbocycles. The van der Waals surface area contributed by atoms with E-state index in [4.69, 9.17) is 11.6 Å². The second kappa shape index (κ2) is 6.42. The average Bonchev–Trinajstić information content (AvgIpc) is 2.83. The maximum absolute atomic E-state index is 12.5. The van der Waals surface area contributed by atoms with Crippen LogP contribution in [0.15, 0.2) is 35.3 Å². The molecule has 0 aliphatic rings.